The van der Waals surface area contributed by atoms with Crippen LogP contribution in [0.2, 0.25) is 0 Å². The van der Waals surface area contributed by atoms with Crippen LogP contribution in [0.1, 0.15) is 25.0 Å². The van der Waals surface area contributed by atoms with Crippen LogP contribution in [-0.4, -0.2) is 0 Å². The molecule has 0 saturated carbocycles. The van der Waals surface area contributed by atoms with E-state index in [2.05, 4.69) is 207 Å². The van der Waals surface area contributed by atoms with E-state index in [0.717, 1.165) is 17.1 Å². The molecule has 0 atom stereocenters. The number of rotatable bonds is 5. The Morgan fingerprint density at radius 1 is 0.400 bits per heavy atom. The number of nitrogens with zero attached hydrogens (tertiary/aromatic N) is 1. The molecule has 260 valence electrons. The molecule has 9 aromatic carbocycles. The van der Waals surface area contributed by atoms with E-state index in [1.54, 1.807) is 0 Å². The van der Waals surface area contributed by atoms with Gasteiger partial charge in [0.1, 0.15) is 0 Å². The van der Waals surface area contributed by atoms with Gasteiger partial charge in [0.15, 0.2) is 0 Å². The van der Waals surface area contributed by atoms with Crippen molar-refractivity contribution in [2.45, 2.75) is 19.3 Å². The second-order valence-corrected chi connectivity index (χ2v) is 16.4. The summed E-state index contributed by atoms with van der Waals surface area (Å²) in [6.45, 7) is 4.72. The normalized spacial score (nSPS) is 13.1. The molecule has 55 heavy (non-hydrogen) atoms. The smallest absolute Gasteiger partial charge is 0.0468 e. The van der Waals surface area contributed by atoms with Gasteiger partial charge in [0.2, 0.25) is 0 Å². The molecule has 0 radical (unpaired) electrons. The first-order chi connectivity index (χ1) is 27.0. The monoisotopic (exact) mass is 719 g/mol. The molecular formula is C53H37NS. The van der Waals surface area contributed by atoms with Crippen LogP contribution < -0.4 is 4.90 Å². The maximum absolute atomic E-state index is 2.43. The van der Waals surface area contributed by atoms with Crippen LogP contribution in [0, 0.1) is 0 Å². The molecule has 1 heterocycles. The minimum absolute atomic E-state index is 0.0927. The van der Waals surface area contributed by atoms with Crippen LogP contribution in [0.25, 0.3) is 75.1 Å². The Labute approximate surface area is 325 Å². The molecule has 0 fully saturated rings. The highest BCUT2D eigenvalue weighted by atomic mass is 32.1. The first-order valence-corrected chi connectivity index (χ1v) is 19.9. The number of hydrogen-bond acceptors (Lipinski definition) is 2. The highest BCUT2D eigenvalue weighted by Gasteiger charge is 2.35. The molecule has 2 heteroatoms. The van der Waals surface area contributed by atoms with E-state index in [9.17, 15) is 0 Å². The fraction of sp³-hybridized carbons (Fsp3) is 0.0566. The number of hydrogen-bond donors (Lipinski definition) is 0. The summed E-state index contributed by atoms with van der Waals surface area (Å²) in [7, 11) is 0. The van der Waals surface area contributed by atoms with E-state index in [0.29, 0.717) is 0 Å². The highest BCUT2D eigenvalue weighted by molar-refractivity contribution is 7.26. The third kappa shape index (κ3) is 4.99. The lowest BCUT2D eigenvalue weighted by Crippen LogP contribution is -2.16. The van der Waals surface area contributed by atoms with Crippen molar-refractivity contribution in [2.24, 2.45) is 0 Å². The maximum atomic E-state index is 2.43. The summed E-state index contributed by atoms with van der Waals surface area (Å²) in [6, 6.07) is 69.7. The molecule has 0 amide bonds. The molecule has 1 aliphatic carbocycles. The van der Waals surface area contributed by atoms with E-state index >= 15 is 0 Å². The SMILES string of the molecule is CC1(C)c2ccccc2-c2ccc(N(c3ccc(-c4ccc5ccccc5c4-c4cccc5c4sc4ccccc45)cc3)c3ccc4ccccc4c3)cc21. The van der Waals surface area contributed by atoms with E-state index in [4.69, 9.17) is 0 Å². The molecule has 0 unspecified atom stereocenters. The lowest BCUT2D eigenvalue weighted by atomic mass is 9.82. The topological polar surface area (TPSA) is 3.24 Å². The van der Waals surface area contributed by atoms with Gasteiger partial charge in [-0.25, -0.2) is 0 Å². The summed E-state index contributed by atoms with van der Waals surface area (Å²) in [5, 5.41) is 7.63. The van der Waals surface area contributed by atoms with Crippen molar-refractivity contribution >= 4 is 70.1 Å². The number of benzene rings is 9. The van der Waals surface area contributed by atoms with E-state index in [-0.39, 0.29) is 5.41 Å². The lowest BCUT2D eigenvalue weighted by molar-refractivity contribution is 0.660. The average molecular weight is 720 g/mol. The van der Waals surface area contributed by atoms with Gasteiger partial charge in [-0.1, -0.05) is 159 Å². The number of thiophene rings is 1. The summed E-state index contributed by atoms with van der Waals surface area (Å²) in [6.07, 6.45) is 0. The van der Waals surface area contributed by atoms with Crippen molar-refractivity contribution in [3.8, 4) is 33.4 Å². The minimum Gasteiger partial charge on any atom is -0.310 e. The molecular weight excluding hydrogens is 683 g/mol. The van der Waals surface area contributed by atoms with E-state index in [1.807, 2.05) is 11.3 Å². The zero-order valence-electron chi connectivity index (χ0n) is 30.8. The predicted molar refractivity (Wildman–Crippen MR) is 237 cm³/mol. The van der Waals surface area contributed by atoms with Crippen molar-refractivity contribution in [1.82, 2.24) is 0 Å². The molecule has 0 bridgehead atoms. The van der Waals surface area contributed by atoms with Crippen LogP contribution in [0.4, 0.5) is 17.1 Å². The third-order valence-electron chi connectivity index (χ3n) is 11.9. The summed E-state index contributed by atoms with van der Waals surface area (Å²) < 4.78 is 2.66. The highest BCUT2D eigenvalue weighted by Crippen LogP contribution is 2.51. The van der Waals surface area contributed by atoms with Gasteiger partial charge in [-0.15, -0.1) is 11.3 Å². The summed E-state index contributed by atoms with van der Waals surface area (Å²) >= 11 is 1.90. The third-order valence-corrected chi connectivity index (χ3v) is 13.1. The van der Waals surface area contributed by atoms with Crippen LogP contribution in [0.15, 0.2) is 188 Å². The van der Waals surface area contributed by atoms with Gasteiger partial charge < -0.3 is 4.90 Å². The van der Waals surface area contributed by atoms with Crippen molar-refractivity contribution in [2.75, 3.05) is 4.90 Å². The van der Waals surface area contributed by atoms with Crippen LogP contribution >= 0.6 is 11.3 Å². The van der Waals surface area contributed by atoms with Crippen LogP contribution in [0.5, 0.6) is 0 Å². The lowest BCUT2D eigenvalue weighted by Gasteiger charge is -2.28. The van der Waals surface area contributed by atoms with Gasteiger partial charge >= 0.3 is 0 Å². The Morgan fingerprint density at radius 2 is 1.00 bits per heavy atom. The summed E-state index contributed by atoms with van der Waals surface area (Å²) in [5.74, 6) is 0. The van der Waals surface area contributed by atoms with E-state index < -0.39 is 0 Å². The Hall–Kier alpha value is -6.48. The molecule has 0 spiro atoms. The molecule has 11 rings (SSSR count). The average Bonchev–Trinajstić information content (AvgIpc) is 3.73. The second-order valence-electron chi connectivity index (χ2n) is 15.3. The zero-order valence-corrected chi connectivity index (χ0v) is 31.6. The van der Waals surface area contributed by atoms with Crippen molar-refractivity contribution in [3.05, 3.63) is 199 Å². The fourth-order valence-electron chi connectivity index (χ4n) is 9.13. The standard InChI is InChI=1S/C53H37NS/c1-53(2)48-20-9-7-16-43(48)44-31-29-40(33-49(44)53)54(39-28-22-34-12-3-4-14-37(34)32-39)38-26-23-36(24-27-38)42-30-25-35-13-5-6-15-41(35)51(42)47-19-11-18-46-45-17-8-10-21-50(45)55-52(46)47/h3-33H,1-2H3. The van der Waals surface area contributed by atoms with Gasteiger partial charge in [0.25, 0.3) is 0 Å². The van der Waals surface area contributed by atoms with Crippen molar-refractivity contribution in [3.63, 3.8) is 0 Å². The Kier molecular flexibility index (Phi) is 7.14. The van der Waals surface area contributed by atoms with E-state index in [1.165, 1.54) is 86.2 Å². The second kappa shape index (κ2) is 12.3. The molecule has 1 nitrogen and oxygen atoms in total. The largest absolute Gasteiger partial charge is 0.310 e. The number of anilines is 3. The molecule has 0 saturated heterocycles. The summed E-state index contributed by atoms with van der Waals surface area (Å²) in [5.41, 5.74) is 13.8. The van der Waals surface area contributed by atoms with Crippen LogP contribution in [0.3, 0.4) is 0 Å². The van der Waals surface area contributed by atoms with Gasteiger partial charge in [-0.3, -0.25) is 0 Å². The predicted octanol–water partition coefficient (Wildman–Crippen LogP) is 15.5. The minimum atomic E-state index is -0.0927. The summed E-state index contributed by atoms with van der Waals surface area (Å²) in [4.78, 5) is 2.43. The molecule has 10 aromatic rings. The first kappa shape index (κ1) is 32.0. The molecule has 1 aromatic heterocycles. The van der Waals surface area contributed by atoms with Crippen LogP contribution in [-0.2, 0) is 5.41 Å². The van der Waals surface area contributed by atoms with Gasteiger partial charge in [0, 0.05) is 48.2 Å². The molecule has 0 N–H and O–H groups in total. The van der Waals surface area contributed by atoms with Gasteiger partial charge in [-0.2, -0.15) is 0 Å². The Morgan fingerprint density at radius 3 is 1.87 bits per heavy atom. The van der Waals surface area contributed by atoms with Crippen molar-refractivity contribution < 1.29 is 0 Å². The maximum Gasteiger partial charge on any atom is 0.0468 e. The Balaban J connectivity index is 1.08. The van der Waals surface area contributed by atoms with Gasteiger partial charge in [0.05, 0.1) is 0 Å². The molecule has 0 aliphatic heterocycles. The Bertz CT molecular complexity index is 3130. The first-order valence-electron chi connectivity index (χ1n) is 19.1. The molecule has 1 aliphatic rings. The zero-order chi connectivity index (χ0) is 36.7. The van der Waals surface area contributed by atoms with Gasteiger partial charge in [-0.05, 0) is 103 Å². The fourth-order valence-corrected chi connectivity index (χ4v) is 10.4. The number of fused-ring (bicyclic) bond motifs is 8. The van der Waals surface area contributed by atoms with Crippen molar-refractivity contribution in [1.29, 1.82) is 0 Å². The quantitative estimate of drug-likeness (QED) is 0.171.